The predicted octanol–water partition coefficient (Wildman–Crippen LogP) is 3.64. The molecule has 0 N–H and O–H groups in total. The lowest BCUT2D eigenvalue weighted by atomic mass is 10.0. The van der Waals surface area contributed by atoms with Gasteiger partial charge in [0.05, 0.1) is 22.9 Å². The number of nitriles is 1. The minimum Gasteiger partial charge on any atom is -0.354 e. The van der Waals surface area contributed by atoms with Gasteiger partial charge in [-0.3, -0.25) is 9.48 Å². The smallest absolute Gasteiger partial charge is 0.255 e. The zero-order valence-electron chi connectivity index (χ0n) is 19.2. The molecule has 3 heterocycles. The molecule has 1 fully saturated rings. The number of amides is 1. The van der Waals surface area contributed by atoms with E-state index in [4.69, 9.17) is 0 Å². The molecule has 1 saturated heterocycles. The molecule has 0 saturated carbocycles. The molecule has 0 atom stereocenters. The van der Waals surface area contributed by atoms with Crippen LogP contribution in [0.3, 0.4) is 0 Å². The van der Waals surface area contributed by atoms with Crippen molar-refractivity contribution in [2.45, 2.75) is 18.9 Å². The number of carbonyl (C=O) groups is 1. The van der Waals surface area contributed by atoms with E-state index in [0.29, 0.717) is 11.1 Å². The fraction of sp³-hybridized carbons (Fsp3) is 0.269. The number of benzene rings is 2. The summed E-state index contributed by atoms with van der Waals surface area (Å²) >= 11 is 0. The third-order valence-electron chi connectivity index (χ3n) is 6.64. The number of nitrogens with zero attached hydrogens (tertiary/aromatic N) is 7. The van der Waals surface area contributed by atoms with E-state index in [0.717, 1.165) is 53.9 Å². The minimum absolute atomic E-state index is 0.100. The van der Waals surface area contributed by atoms with E-state index in [9.17, 15) is 10.1 Å². The highest BCUT2D eigenvalue weighted by Crippen LogP contribution is 2.32. The number of fused-ring (bicyclic) bond motifs is 1. The molecule has 2 aromatic carbocycles. The Labute approximate surface area is 198 Å². The monoisotopic (exact) mass is 451 g/mol. The summed E-state index contributed by atoms with van der Waals surface area (Å²) in [7, 11) is 3.73. The number of aromatic nitrogens is 4. The summed E-state index contributed by atoms with van der Waals surface area (Å²) in [6.45, 7) is 1.54. The van der Waals surface area contributed by atoms with Gasteiger partial charge in [-0.2, -0.15) is 10.4 Å². The molecule has 8 nitrogen and oxygen atoms in total. The molecular weight excluding hydrogens is 426 g/mol. The molecular formula is C26H25N7O. The first kappa shape index (κ1) is 21.6. The maximum atomic E-state index is 13.1. The van der Waals surface area contributed by atoms with Crippen molar-refractivity contribution in [2.75, 3.05) is 25.0 Å². The highest BCUT2D eigenvalue weighted by atomic mass is 16.2. The maximum absolute atomic E-state index is 13.1. The molecule has 0 aliphatic carbocycles. The fourth-order valence-electron chi connectivity index (χ4n) is 4.71. The topological polar surface area (TPSA) is 90.9 Å². The first-order valence-electron chi connectivity index (χ1n) is 11.3. The van der Waals surface area contributed by atoms with E-state index in [1.165, 1.54) is 0 Å². The molecule has 1 amide bonds. The van der Waals surface area contributed by atoms with Crippen molar-refractivity contribution in [1.82, 2.24) is 24.9 Å². The second kappa shape index (κ2) is 8.94. The van der Waals surface area contributed by atoms with Gasteiger partial charge >= 0.3 is 0 Å². The van der Waals surface area contributed by atoms with Gasteiger partial charge in [0.25, 0.3) is 5.91 Å². The lowest BCUT2D eigenvalue weighted by Gasteiger charge is -2.37. The molecule has 34 heavy (non-hydrogen) atoms. The highest BCUT2D eigenvalue weighted by Gasteiger charge is 2.28. The second-order valence-electron chi connectivity index (χ2n) is 8.55. The summed E-state index contributed by atoms with van der Waals surface area (Å²) in [4.78, 5) is 17.1. The molecule has 170 valence electrons. The van der Waals surface area contributed by atoms with Crippen molar-refractivity contribution in [3.05, 3.63) is 71.9 Å². The Bertz CT molecular complexity index is 1400. The Morgan fingerprint density at radius 1 is 1.03 bits per heavy atom. The van der Waals surface area contributed by atoms with Crippen molar-refractivity contribution < 1.29 is 4.79 Å². The number of piperidine rings is 1. The first-order chi connectivity index (χ1) is 16.6. The minimum atomic E-state index is -0.110. The number of hydrogen-bond acceptors (Lipinski definition) is 6. The number of anilines is 1. The summed E-state index contributed by atoms with van der Waals surface area (Å²) in [5.41, 5.74) is 2.60. The van der Waals surface area contributed by atoms with E-state index in [1.54, 1.807) is 40.0 Å². The zero-order valence-corrected chi connectivity index (χ0v) is 19.2. The van der Waals surface area contributed by atoms with Gasteiger partial charge in [0, 0.05) is 50.2 Å². The van der Waals surface area contributed by atoms with Crippen LogP contribution >= 0.6 is 0 Å². The van der Waals surface area contributed by atoms with Crippen LogP contribution in [0.15, 0.2) is 60.8 Å². The quantitative estimate of drug-likeness (QED) is 0.470. The standard InChI is InChI=1S/C26H25N7O/c1-31(26(34)20-8-4-3-7-18(20)17-27)19-12-15-33(16-13-19)25-22-10-6-5-9-21(22)24(29-30-25)23-11-14-28-32(23)2/h3-11,14,19H,12-13,15-16H2,1-2H3. The van der Waals surface area contributed by atoms with Gasteiger partial charge in [-0.05, 0) is 31.0 Å². The third kappa shape index (κ3) is 3.75. The van der Waals surface area contributed by atoms with Gasteiger partial charge in [-0.15, -0.1) is 10.2 Å². The van der Waals surface area contributed by atoms with E-state index < -0.39 is 0 Å². The van der Waals surface area contributed by atoms with Crippen LogP contribution in [0.4, 0.5) is 5.82 Å². The number of carbonyl (C=O) groups excluding carboxylic acids is 1. The Morgan fingerprint density at radius 2 is 1.74 bits per heavy atom. The van der Waals surface area contributed by atoms with Crippen LogP contribution in [0, 0.1) is 11.3 Å². The van der Waals surface area contributed by atoms with Gasteiger partial charge in [-0.1, -0.05) is 36.4 Å². The number of rotatable bonds is 4. The summed E-state index contributed by atoms with van der Waals surface area (Å²) in [6.07, 6.45) is 3.39. The first-order valence-corrected chi connectivity index (χ1v) is 11.3. The normalized spacial score (nSPS) is 14.2. The van der Waals surface area contributed by atoms with Gasteiger partial charge in [0.2, 0.25) is 0 Å². The van der Waals surface area contributed by atoms with Gasteiger partial charge < -0.3 is 9.80 Å². The number of hydrogen-bond donors (Lipinski definition) is 0. The Kier molecular flexibility index (Phi) is 5.68. The second-order valence-corrected chi connectivity index (χ2v) is 8.55. The molecule has 0 spiro atoms. The molecule has 5 rings (SSSR count). The van der Waals surface area contributed by atoms with Crippen LogP contribution in [0.25, 0.3) is 22.2 Å². The van der Waals surface area contributed by atoms with Crippen LogP contribution in [0.1, 0.15) is 28.8 Å². The van der Waals surface area contributed by atoms with Crippen molar-refractivity contribution in [2.24, 2.45) is 7.05 Å². The highest BCUT2D eigenvalue weighted by molar-refractivity contribution is 6.00. The summed E-state index contributed by atoms with van der Waals surface area (Å²) < 4.78 is 1.80. The molecule has 1 aliphatic rings. The lowest BCUT2D eigenvalue weighted by Crippen LogP contribution is -2.46. The Balaban J connectivity index is 1.36. The average molecular weight is 452 g/mol. The van der Waals surface area contributed by atoms with Crippen molar-refractivity contribution in [3.63, 3.8) is 0 Å². The molecule has 2 aromatic heterocycles. The lowest BCUT2D eigenvalue weighted by molar-refractivity contribution is 0.0709. The molecule has 1 aliphatic heterocycles. The summed E-state index contributed by atoms with van der Waals surface area (Å²) in [5.74, 6) is 0.755. The van der Waals surface area contributed by atoms with Crippen LogP contribution in [0.5, 0.6) is 0 Å². The van der Waals surface area contributed by atoms with Crippen molar-refractivity contribution in [3.8, 4) is 17.5 Å². The Morgan fingerprint density at radius 3 is 2.44 bits per heavy atom. The van der Waals surface area contributed by atoms with E-state index >= 15 is 0 Å². The molecule has 4 aromatic rings. The SMILES string of the molecule is CN(C(=O)c1ccccc1C#N)C1CCN(c2nnc(-c3ccnn3C)c3ccccc23)CC1. The summed E-state index contributed by atoms with van der Waals surface area (Å²) in [6, 6.07) is 19.3. The van der Waals surface area contributed by atoms with E-state index in [1.807, 2.05) is 32.3 Å². The largest absolute Gasteiger partial charge is 0.354 e. The third-order valence-corrected chi connectivity index (χ3v) is 6.64. The van der Waals surface area contributed by atoms with Gasteiger partial charge in [0.15, 0.2) is 5.82 Å². The van der Waals surface area contributed by atoms with Crippen LogP contribution in [-0.4, -0.2) is 57.0 Å². The van der Waals surface area contributed by atoms with E-state index in [-0.39, 0.29) is 11.9 Å². The Hall–Kier alpha value is -4.25. The predicted molar refractivity (Wildman–Crippen MR) is 130 cm³/mol. The zero-order chi connectivity index (χ0) is 23.7. The van der Waals surface area contributed by atoms with Crippen molar-refractivity contribution >= 4 is 22.5 Å². The van der Waals surface area contributed by atoms with Gasteiger partial charge in [-0.25, -0.2) is 0 Å². The van der Waals surface area contributed by atoms with E-state index in [2.05, 4.69) is 38.4 Å². The van der Waals surface area contributed by atoms with Gasteiger partial charge in [0.1, 0.15) is 5.69 Å². The van der Waals surface area contributed by atoms with Crippen LogP contribution in [0.2, 0.25) is 0 Å². The molecule has 0 unspecified atom stereocenters. The van der Waals surface area contributed by atoms with Crippen molar-refractivity contribution in [1.29, 1.82) is 5.26 Å². The fourth-order valence-corrected chi connectivity index (χ4v) is 4.71. The number of aryl methyl sites for hydroxylation is 1. The molecule has 8 heteroatoms. The molecule has 0 radical (unpaired) electrons. The molecule has 0 bridgehead atoms. The summed E-state index contributed by atoms with van der Waals surface area (Å²) in [5, 5.41) is 24.9. The maximum Gasteiger partial charge on any atom is 0.255 e. The average Bonchev–Trinajstić information content (AvgIpc) is 3.32. The van der Waals surface area contributed by atoms with Crippen LogP contribution in [-0.2, 0) is 7.05 Å². The van der Waals surface area contributed by atoms with Crippen LogP contribution < -0.4 is 4.90 Å².